The minimum atomic E-state index is -1.02. The van der Waals surface area contributed by atoms with Crippen molar-refractivity contribution in [2.45, 2.75) is 13.3 Å². The molecule has 0 saturated carbocycles. The van der Waals surface area contributed by atoms with Gasteiger partial charge in [0.2, 0.25) is 0 Å². The number of rotatable bonds is 6. The molecule has 0 aliphatic rings. The van der Waals surface area contributed by atoms with Crippen LogP contribution < -0.4 is 4.90 Å². The number of aliphatic carboxylic acids is 1. The highest BCUT2D eigenvalue weighted by atomic mass is 35.5. The molecule has 1 rings (SSSR count). The highest BCUT2D eigenvalue weighted by Gasteiger charge is 2.10. The van der Waals surface area contributed by atoms with Crippen molar-refractivity contribution in [2.24, 2.45) is 0 Å². The van der Waals surface area contributed by atoms with E-state index in [-0.39, 0.29) is 0 Å². The van der Waals surface area contributed by atoms with Gasteiger partial charge in [0.25, 0.3) is 0 Å². The summed E-state index contributed by atoms with van der Waals surface area (Å²) in [5, 5.41) is 17.9. The van der Waals surface area contributed by atoms with Crippen LogP contribution in [-0.4, -0.2) is 24.2 Å². The first-order valence-electron chi connectivity index (χ1n) is 5.91. The van der Waals surface area contributed by atoms with Crippen molar-refractivity contribution in [3.63, 3.8) is 0 Å². The number of benzene rings is 1. The van der Waals surface area contributed by atoms with Crippen molar-refractivity contribution in [3.8, 4) is 6.07 Å². The van der Waals surface area contributed by atoms with Gasteiger partial charge in [-0.15, -0.1) is 0 Å². The average molecular weight is 279 g/mol. The lowest BCUT2D eigenvalue weighted by Gasteiger charge is -2.24. The van der Waals surface area contributed by atoms with Gasteiger partial charge in [0.15, 0.2) is 0 Å². The second-order valence-corrected chi connectivity index (χ2v) is 4.24. The third-order valence-corrected chi connectivity index (χ3v) is 2.97. The fourth-order valence-electron chi connectivity index (χ4n) is 1.75. The number of carboxylic acids is 1. The van der Waals surface area contributed by atoms with Gasteiger partial charge in [-0.05, 0) is 25.1 Å². The van der Waals surface area contributed by atoms with E-state index in [0.29, 0.717) is 23.6 Å². The van der Waals surface area contributed by atoms with Crippen molar-refractivity contribution >= 4 is 29.3 Å². The minimum absolute atomic E-state index is 0.405. The molecule has 1 aromatic carbocycles. The molecule has 0 unspecified atom stereocenters. The molecule has 0 bridgehead atoms. The summed E-state index contributed by atoms with van der Waals surface area (Å²) in [4.78, 5) is 12.6. The van der Waals surface area contributed by atoms with Crippen molar-refractivity contribution in [1.82, 2.24) is 0 Å². The summed E-state index contributed by atoms with van der Waals surface area (Å²) in [6, 6.07) is 7.49. The maximum Gasteiger partial charge on any atom is 0.328 e. The Morgan fingerprint density at radius 1 is 1.58 bits per heavy atom. The molecule has 0 aliphatic heterocycles. The van der Waals surface area contributed by atoms with E-state index in [1.807, 2.05) is 24.0 Å². The molecule has 100 valence electrons. The fourth-order valence-corrected chi connectivity index (χ4v) is 1.99. The maximum atomic E-state index is 10.6. The van der Waals surface area contributed by atoms with Gasteiger partial charge in [0.1, 0.15) is 0 Å². The van der Waals surface area contributed by atoms with Gasteiger partial charge in [-0.1, -0.05) is 17.7 Å². The third-order valence-electron chi connectivity index (χ3n) is 2.64. The first-order chi connectivity index (χ1) is 9.10. The molecule has 0 radical (unpaired) electrons. The first kappa shape index (κ1) is 15.1. The lowest BCUT2D eigenvalue weighted by molar-refractivity contribution is -0.131. The fraction of sp³-hybridized carbons (Fsp3) is 0.286. The van der Waals surface area contributed by atoms with Gasteiger partial charge in [0.05, 0.1) is 12.5 Å². The normalized spacial score (nSPS) is 10.4. The predicted octanol–water partition coefficient (Wildman–Crippen LogP) is 3.18. The number of anilines is 1. The van der Waals surface area contributed by atoms with Crippen LogP contribution in [0, 0.1) is 11.3 Å². The molecular formula is C14H15ClN2O2. The van der Waals surface area contributed by atoms with E-state index in [4.69, 9.17) is 22.0 Å². The van der Waals surface area contributed by atoms with E-state index in [9.17, 15) is 4.79 Å². The molecule has 19 heavy (non-hydrogen) atoms. The second-order valence-electron chi connectivity index (χ2n) is 3.83. The molecule has 1 aromatic rings. The van der Waals surface area contributed by atoms with E-state index in [2.05, 4.69) is 6.07 Å². The SMILES string of the molecule is CCN(CCC#N)c1cccc(Cl)c1C=CC(=O)O. The molecule has 0 heterocycles. The van der Waals surface area contributed by atoms with Crippen LogP contribution in [0.25, 0.3) is 6.08 Å². The van der Waals surface area contributed by atoms with Gasteiger partial charge >= 0.3 is 5.97 Å². The molecule has 0 amide bonds. The summed E-state index contributed by atoms with van der Waals surface area (Å²) < 4.78 is 0. The van der Waals surface area contributed by atoms with Gasteiger partial charge in [-0.25, -0.2) is 4.79 Å². The van der Waals surface area contributed by atoms with Crippen LogP contribution in [0.5, 0.6) is 0 Å². The summed E-state index contributed by atoms with van der Waals surface area (Å²) >= 11 is 6.11. The predicted molar refractivity (Wildman–Crippen MR) is 76.2 cm³/mol. The van der Waals surface area contributed by atoms with E-state index < -0.39 is 5.97 Å². The highest BCUT2D eigenvalue weighted by molar-refractivity contribution is 6.32. The van der Waals surface area contributed by atoms with Gasteiger partial charge in [-0.3, -0.25) is 0 Å². The Kier molecular flexibility index (Phi) is 5.91. The molecule has 0 saturated heterocycles. The second kappa shape index (κ2) is 7.45. The number of carbonyl (C=O) groups is 1. The Labute approximate surface area is 117 Å². The standard InChI is InChI=1S/C14H15ClN2O2/c1-2-17(10-4-9-16)13-6-3-5-12(15)11(13)7-8-14(18)19/h3,5-8H,2,4,10H2,1H3,(H,18,19). The maximum absolute atomic E-state index is 10.6. The smallest absolute Gasteiger partial charge is 0.328 e. The van der Waals surface area contributed by atoms with Crippen LogP contribution in [-0.2, 0) is 4.79 Å². The number of hydrogen-bond donors (Lipinski definition) is 1. The number of nitrogens with zero attached hydrogens (tertiary/aromatic N) is 2. The van der Waals surface area contributed by atoms with Crippen molar-refractivity contribution < 1.29 is 9.90 Å². The van der Waals surface area contributed by atoms with Crippen molar-refractivity contribution in [2.75, 3.05) is 18.0 Å². The van der Waals surface area contributed by atoms with E-state index in [0.717, 1.165) is 18.3 Å². The zero-order chi connectivity index (χ0) is 14.3. The largest absolute Gasteiger partial charge is 0.478 e. The summed E-state index contributed by atoms with van der Waals surface area (Å²) in [5.74, 6) is -1.02. The minimum Gasteiger partial charge on any atom is -0.478 e. The molecule has 0 atom stereocenters. The number of carboxylic acid groups (broad SMARTS) is 1. The quantitative estimate of drug-likeness (QED) is 0.812. The molecule has 0 fully saturated rings. The Hall–Kier alpha value is -1.99. The highest BCUT2D eigenvalue weighted by Crippen LogP contribution is 2.29. The van der Waals surface area contributed by atoms with Gasteiger partial charge in [-0.2, -0.15) is 5.26 Å². The van der Waals surface area contributed by atoms with Crippen LogP contribution in [0.3, 0.4) is 0 Å². The van der Waals surface area contributed by atoms with Crippen molar-refractivity contribution in [3.05, 3.63) is 34.9 Å². The first-order valence-corrected chi connectivity index (χ1v) is 6.29. The Balaban J connectivity index is 3.15. The zero-order valence-electron chi connectivity index (χ0n) is 10.6. The number of halogens is 1. The molecule has 0 aromatic heterocycles. The summed E-state index contributed by atoms with van der Waals surface area (Å²) in [7, 11) is 0. The van der Waals surface area contributed by atoms with Crippen LogP contribution >= 0.6 is 11.6 Å². The molecule has 0 aliphatic carbocycles. The molecule has 0 spiro atoms. The van der Waals surface area contributed by atoms with Crippen LogP contribution in [0.15, 0.2) is 24.3 Å². The molecular weight excluding hydrogens is 264 g/mol. The lowest BCUT2D eigenvalue weighted by Crippen LogP contribution is -2.24. The summed E-state index contributed by atoms with van der Waals surface area (Å²) in [6.45, 7) is 3.28. The number of nitriles is 1. The van der Waals surface area contributed by atoms with E-state index in [1.165, 1.54) is 6.08 Å². The Morgan fingerprint density at radius 3 is 2.89 bits per heavy atom. The van der Waals surface area contributed by atoms with Crippen LogP contribution in [0.2, 0.25) is 5.02 Å². The van der Waals surface area contributed by atoms with Gasteiger partial charge < -0.3 is 10.0 Å². The van der Waals surface area contributed by atoms with Crippen LogP contribution in [0.1, 0.15) is 18.9 Å². The summed E-state index contributed by atoms with van der Waals surface area (Å²) in [6.07, 6.45) is 2.94. The molecule has 4 nitrogen and oxygen atoms in total. The van der Waals surface area contributed by atoms with Gasteiger partial charge in [0, 0.05) is 35.4 Å². The zero-order valence-corrected chi connectivity index (χ0v) is 11.4. The van der Waals surface area contributed by atoms with E-state index in [1.54, 1.807) is 6.07 Å². The average Bonchev–Trinajstić information content (AvgIpc) is 2.38. The lowest BCUT2D eigenvalue weighted by atomic mass is 10.1. The van der Waals surface area contributed by atoms with Crippen LogP contribution in [0.4, 0.5) is 5.69 Å². The Morgan fingerprint density at radius 2 is 2.32 bits per heavy atom. The monoisotopic (exact) mass is 278 g/mol. The van der Waals surface area contributed by atoms with Crippen molar-refractivity contribution in [1.29, 1.82) is 5.26 Å². The molecule has 1 N–H and O–H groups in total. The summed E-state index contributed by atoms with van der Waals surface area (Å²) in [5.41, 5.74) is 1.49. The number of hydrogen-bond acceptors (Lipinski definition) is 3. The third kappa shape index (κ3) is 4.31. The topological polar surface area (TPSA) is 64.3 Å². The Bertz CT molecular complexity index is 521. The molecule has 5 heteroatoms. The van der Waals surface area contributed by atoms with E-state index >= 15 is 0 Å².